The van der Waals surface area contributed by atoms with Crippen molar-refractivity contribution in [3.63, 3.8) is 0 Å². The van der Waals surface area contributed by atoms with Crippen molar-refractivity contribution in [2.75, 3.05) is 5.75 Å². The van der Waals surface area contributed by atoms with Crippen LogP contribution in [-0.4, -0.2) is 30.5 Å². The number of rotatable bonds is 5. The molecule has 0 fully saturated rings. The molecule has 0 saturated heterocycles. The number of hydrogen-bond donors (Lipinski definition) is 2. The zero-order chi connectivity index (χ0) is 22.9. The summed E-state index contributed by atoms with van der Waals surface area (Å²) in [5.41, 5.74) is 2.51. The third-order valence-corrected chi connectivity index (χ3v) is 8.28. The number of aliphatic hydroxyl groups is 2. The van der Waals surface area contributed by atoms with Crippen molar-refractivity contribution in [3.05, 3.63) is 95.1 Å². The molecule has 0 spiro atoms. The van der Waals surface area contributed by atoms with Gasteiger partial charge in [-0.1, -0.05) is 68.4 Å². The highest BCUT2D eigenvalue weighted by molar-refractivity contribution is 7.91. The van der Waals surface area contributed by atoms with Crippen LogP contribution in [0.3, 0.4) is 0 Å². The first-order valence-electron chi connectivity index (χ1n) is 10.6. The van der Waals surface area contributed by atoms with Crippen LogP contribution in [-0.2, 0) is 23.1 Å². The van der Waals surface area contributed by atoms with Gasteiger partial charge in [0.2, 0.25) is 0 Å². The molecule has 1 aliphatic rings. The van der Waals surface area contributed by atoms with Crippen molar-refractivity contribution in [1.29, 1.82) is 0 Å². The van der Waals surface area contributed by atoms with E-state index in [1.54, 1.807) is 32.0 Å². The fraction of sp³-hybridized carbons (Fsp3) is 0.308. The number of ether oxygens (including phenoxy) is 1. The summed E-state index contributed by atoms with van der Waals surface area (Å²) >= 11 is 0. The minimum absolute atomic E-state index is 0.0108. The smallest absolute Gasteiger partial charge is 0.179 e. The number of fused-ring (bicyclic) bond motifs is 1. The van der Waals surface area contributed by atoms with Gasteiger partial charge >= 0.3 is 0 Å². The van der Waals surface area contributed by atoms with Crippen LogP contribution < -0.4 is 4.74 Å². The molecular formula is C26H28O5S. The monoisotopic (exact) mass is 452 g/mol. The number of sulfone groups is 1. The Bertz CT molecular complexity index is 1180. The summed E-state index contributed by atoms with van der Waals surface area (Å²) < 4.78 is 31.9. The maximum Gasteiger partial charge on any atom is 0.179 e. The maximum absolute atomic E-state index is 13.0. The van der Waals surface area contributed by atoms with Gasteiger partial charge in [-0.3, -0.25) is 0 Å². The molecule has 2 atom stereocenters. The van der Waals surface area contributed by atoms with Crippen molar-refractivity contribution >= 4 is 9.84 Å². The van der Waals surface area contributed by atoms with Gasteiger partial charge < -0.3 is 14.9 Å². The lowest BCUT2D eigenvalue weighted by atomic mass is 9.75. The molecule has 32 heavy (non-hydrogen) atoms. The minimum atomic E-state index is -3.51. The third kappa shape index (κ3) is 4.44. The molecule has 0 unspecified atom stereocenters. The molecule has 4 rings (SSSR count). The lowest BCUT2D eigenvalue weighted by Gasteiger charge is -2.33. The molecule has 6 heteroatoms. The van der Waals surface area contributed by atoms with Gasteiger partial charge in [-0.25, -0.2) is 8.42 Å². The molecule has 0 bridgehead atoms. The van der Waals surface area contributed by atoms with E-state index in [9.17, 15) is 13.5 Å². The SMILES string of the molecule is CC1(C)CS(=O)(=O)c2ccccc2[C@H](c2ccc(OCc3ccc(CO)cc3)cc2)[C@@H]1O. The van der Waals surface area contributed by atoms with Crippen LogP contribution in [0.5, 0.6) is 5.75 Å². The van der Waals surface area contributed by atoms with Gasteiger partial charge in [0.05, 0.1) is 23.4 Å². The Kier molecular flexibility index (Phi) is 6.12. The van der Waals surface area contributed by atoms with E-state index in [1.807, 2.05) is 54.6 Å². The molecule has 0 amide bonds. The van der Waals surface area contributed by atoms with Crippen molar-refractivity contribution in [2.45, 2.75) is 44.0 Å². The zero-order valence-corrected chi connectivity index (χ0v) is 19.0. The van der Waals surface area contributed by atoms with Gasteiger partial charge in [-0.05, 0) is 40.5 Å². The first-order valence-corrected chi connectivity index (χ1v) is 12.3. The van der Waals surface area contributed by atoms with E-state index in [0.29, 0.717) is 22.8 Å². The second kappa shape index (κ2) is 8.70. The molecule has 0 radical (unpaired) electrons. The molecular weight excluding hydrogens is 424 g/mol. The quantitative estimate of drug-likeness (QED) is 0.610. The Morgan fingerprint density at radius 3 is 2.22 bits per heavy atom. The zero-order valence-electron chi connectivity index (χ0n) is 18.2. The van der Waals surface area contributed by atoms with E-state index in [-0.39, 0.29) is 12.4 Å². The van der Waals surface area contributed by atoms with E-state index >= 15 is 0 Å². The second-order valence-electron chi connectivity index (χ2n) is 9.04. The van der Waals surface area contributed by atoms with Crippen molar-refractivity contribution in [3.8, 4) is 5.75 Å². The minimum Gasteiger partial charge on any atom is -0.489 e. The summed E-state index contributed by atoms with van der Waals surface area (Å²) in [6, 6.07) is 22.0. The van der Waals surface area contributed by atoms with Gasteiger partial charge in [0, 0.05) is 11.3 Å². The number of aliphatic hydroxyl groups excluding tert-OH is 2. The van der Waals surface area contributed by atoms with E-state index in [0.717, 1.165) is 16.7 Å². The van der Waals surface area contributed by atoms with Crippen LogP contribution in [0.15, 0.2) is 77.7 Å². The second-order valence-corrected chi connectivity index (χ2v) is 11.0. The van der Waals surface area contributed by atoms with Crippen LogP contribution in [0.2, 0.25) is 0 Å². The Balaban J connectivity index is 1.61. The average molecular weight is 453 g/mol. The van der Waals surface area contributed by atoms with Gasteiger partial charge in [0.1, 0.15) is 12.4 Å². The van der Waals surface area contributed by atoms with Crippen LogP contribution in [0.4, 0.5) is 0 Å². The Hall–Kier alpha value is -2.67. The summed E-state index contributed by atoms with van der Waals surface area (Å²) in [5.74, 6) is 0.118. The van der Waals surface area contributed by atoms with Gasteiger partial charge in [-0.15, -0.1) is 0 Å². The fourth-order valence-electron chi connectivity index (χ4n) is 4.34. The van der Waals surface area contributed by atoms with Crippen LogP contribution in [0.1, 0.15) is 42.0 Å². The summed E-state index contributed by atoms with van der Waals surface area (Å²) in [7, 11) is -3.51. The molecule has 0 aliphatic carbocycles. The lowest BCUT2D eigenvalue weighted by molar-refractivity contribution is 0.0521. The van der Waals surface area contributed by atoms with Gasteiger partial charge in [0.25, 0.3) is 0 Å². The molecule has 2 N–H and O–H groups in total. The molecule has 1 heterocycles. The molecule has 3 aromatic carbocycles. The normalized spacial score (nSPS) is 21.4. The van der Waals surface area contributed by atoms with Gasteiger partial charge in [0.15, 0.2) is 9.84 Å². The molecule has 0 aromatic heterocycles. The number of benzene rings is 3. The van der Waals surface area contributed by atoms with Crippen LogP contribution in [0, 0.1) is 5.41 Å². The summed E-state index contributed by atoms with van der Waals surface area (Å²) in [4.78, 5) is 0.293. The Morgan fingerprint density at radius 2 is 1.56 bits per heavy atom. The summed E-state index contributed by atoms with van der Waals surface area (Å²) in [6.45, 7) is 4.00. The van der Waals surface area contributed by atoms with Gasteiger partial charge in [-0.2, -0.15) is 0 Å². The van der Waals surface area contributed by atoms with Crippen molar-refractivity contribution in [2.24, 2.45) is 5.41 Å². The first kappa shape index (κ1) is 22.5. The fourth-order valence-corrected chi connectivity index (χ4v) is 6.48. The van der Waals surface area contributed by atoms with E-state index < -0.39 is 27.3 Å². The molecule has 5 nitrogen and oxygen atoms in total. The standard InChI is InChI=1S/C26H28O5S/c1-26(2)17-32(29,30)23-6-4-3-5-22(23)24(25(26)28)20-11-13-21(14-12-20)31-16-19-9-7-18(15-27)8-10-19/h3-14,24-25,27-28H,15-17H2,1-2H3/t24-,25-/m0/s1. The average Bonchev–Trinajstić information content (AvgIpc) is 2.84. The van der Waals surface area contributed by atoms with E-state index in [2.05, 4.69) is 0 Å². The topological polar surface area (TPSA) is 83.8 Å². The van der Waals surface area contributed by atoms with Crippen LogP contribution in [0.25, 0.3) is 0 Å². The predicted molar refractivity (Wildman–Crippen MR) is 123 cm³/mol. The van der Waals surface area contributed by atoms with E-state index in [4.69, 9.17) is 9.84 Å². The highest BCUT2D eigenvalue weighted by atomic mass is 32.2. The van der Waals surface area contributed by atoms with Crippen molar-refractivity contribution in [1.82, 2.24) is 0 Å². The maximum atomic E-state index is 13.0. The highest BCUT2D eigenvalue weighted by Gasteiger charge is 2.44. The lowest BCUT2D eigenvalue weighted by Crippen LogP contribution is -2.37. The summed E-state index contributed by atoms with van der Waals surface area (Å²) in [6.07, 6.45) is -0.863. The third-order valence-electron chi connectivity index (χ3n) is 6.12. The Morgan fingerprint density at radius 1 is 0.938 bits per heavy atom. The van der Waals surface area contributed by atoms with E-state index in [1.165, 1.54) is 0 Å². The van der Waals surface area contributed by atoms with Crippen LogP contribution >= 0.6 is 0 Å². The van der Waals surface area contributed by atoms with Crippen molar-refractivity contribution < 1.29 is 23.4 Å². The number of hydrogen-bond acceptors (Lipinski definition) is 5. The highest BCUT2D eigenvalue weighted by Crippen LogP contribution is 2.44. The predicted octanol–water partition coefficient (Wildman–Crippen LogP) is 4.06. The first-order chi connectivity index (χ1) is 15.2. The molecule has 168 valence electrons. The molecule has 3 aromatic rings. The molecule has 1 aliphatic heterocycles. The molecule has 0 saturated carbocycles. The summed E-state index contributed by atoms with van der Waals surface area (Å²) in [5, 5.41) is 20.4. The largest absolute Gasteiger partial charge is 0.489 e. The Labute approximate surface area is 189 Å².